The number of morpholine rings is 1. The lowest BCUT2D eigenvalue weighted by Crippen LogP contribution is -2.42. The molecule has 0 amide bonds. The summed E-state index contributed by atoms with van der Waals surface area (Å²) in [6.07, 6.45) is 5.69. The third-order valence-corrected chi connectivity index (χ3v) is 4.85. The normalized spacial score (nSPS) is 18.8. The number of hydrogen-bond donors (Lipinski definition) is 0. The monoisotopic (exact) mass is 327 g/mol. The van der Waals surface area contributed by atoms with E-state index in [-0.39, 0.29) is 0 Å². The van der Waals surface area contributed by atoms with Crippen molar-refractivity contribution < 1.29 is 4.74 Å². The molecule has 0 aliphatic carbocycles. The second-order valence-electron chi connectivity index (χ2n) is 6.73. The molecule has 0 radical (unpaired) electrons. The van der Waals surface area contributed by atoms with E-state index in [4.69, 9.17) is 4.74 Å². The third kappa shape index (κ3) is 4.46. The number of ether oxygens (including phenoxy) is 1. The predicted octanol–water partition coefficient (Wildman–Crippen LogP) is 3.44. The molecule has 24 heavy (non-hydrogen) atoms. The molecule has 0 saturated carbocycles. The molecule has 130 valence electrons. The Morgan fingerprint density at radius 2 is 2.08 bits per heavy atom. The summed E-state index contributed by atoms with van der Waals surface area (Å²) in [5.74, 6) is 0. The summed E-state index contributed by atoms with van der Waals surface area (Å²) < 4.78 is 8.11. The van der Waals surface area contributed by atoms with Crippen molar-refractivity contribution in [1.82, 2.24) is 14.7 Å². The number of aromatic nitrogens is 2. The van der Waals surface area contributed by atoms with Crippen molar-refractivity contribution in [2.24, 2.45) is 0 Å². The minimum Gasteiger partial charge on any atom is -0.376 e. The average molecular weight is 327 g/mol. The SMILES string of the molecule is CCCn1ncc(CN2CCO[C@@H](CCc3ccccc3)C2)c1C. The molecular weight excluding hydrogens is 298 g/mol. The van der Waals surface area contributed by atoms with Gasteiger partial charge in [-0.25, -0.2) is 0 Å². The largest absolute Gasteiger partial charge is 0.376 e. The average Bonchev–Trinajstić information content (AvgIpc) is 2.95. The molecule has 0 N–H and O–H groups in total. The summed E-state index contributed by atoms with van der Waals surface area (Å²) in [4.78, 5) is 2.51. The van der Waals surface area contributed by atoms with Crippen LogP contribution in [-0.4, -0.2) is 40.5 Å². The second-order valence-corrected chi connectivity index (χ2v) is 6.73. The summed E-state index contributed by atoms with van der Waals surface area (Å²) in [6, 6.07) is 10.7. The summed E-state index contributed by atoms with van der Waals surface area (Å²) in [5, 5.41) is 4.52. The zero-order valence-electron chi connectivity index (χ0n) is 14.9. The van der Waals surface area contributed by atoms with Gasteiger partial charge in [-0.3, -0.25) is 9.58 Å². The number of nitrogens with zero attached hydrogens (tertiary/aromatic N) is 3. The lowest BCUT2D eigenvalue weighted by atomic mass is 10.1. The van der Waals surface area contributed by atoms with Crippen LogP contribution in [0, 0.1) is 6.92 Å². The molecule has 0 unspecified atom stereocenters. The first kappa shape index (κ1) is 17.2. The minimum absolute atomic E-state index is 0.338. The van der Waals surface area contributed by atoms with Crippen LogP contribution in [0.3, 0.4) is 0 Å². The number of hydrogen-bond acceptors (Lipinski definition) is 3. The Morgan fingerprint density at radius 3 is 2.88 bits per heavy atom. The van der Waals surface area contributed by atoms with Gasteiger partial charge in [-0.05, 0) is 31.7 Å². The van der Waals surface area contributed by atoms with Crippen LogP contribution in [-0.2, 0) is 24.2 Å². The first-order chi connectivity index (χ1) is 11.8. The molecule has 4 heteroatoms. The fourth-order valence-corrected chi connectivity index (χ4v) is 3.39. The molecule has 2 aromatic rings. The Kier molecular flexibility index (Phi) is 6.05. The van der Waals surface area contributed by atoms with Crippen LogP contribution >= 0.6 is 0 Å². The number of benzene rings is 1. The van der Waals surface area contributed by atoms with E-state index in [9.17, 15) is 0 Å². The Labute approximate surface area is 145 Å². The maximum Gasteiger partial charge on any atom is 0.0705 e. The summed E-state index contributed by atoms with van der Waals surface area (Å²) >= 11 is 0. The van der Waals surface area contributed by atoms with E-state index < -0.39 is 0 Å². The molecule has 4 nitrogen and oxygen atoms in total. The van der Waals surface area contributed by atoms with Crippen LogP contribution in [0.5, 0.6) is 0 Å². The van der Waals surface area contributed by atoms with E-state index in [1.54, 1.807) is 0 Å². The van der Waals surface area contributed by atoms with E-state index >= 15 is 0 Å². The van der Waals surface area contributed by atoms with Gasteiger partial charge in [0.25, 0.3) is 0 Å². The summed E-state index contributed by atoms with van der Waals surface area (Å²) in [7, 11) is 0. The maximum atomic E-state index is 5.98. The van der Waals surface area contributed by atoms with Gasteiger partial charge >= 0.3 is 0 Å². The standard InChI is InChI=1S/C20H29N3O/c1-3-11-23-17(2)19(14-21-23)15-22-12-13-24-20(16-22)10-9-18-7-5-4-6-8-18/h4-8,14,20H,3,9-13,15-16H2,1-2H3/t20-/m0/s1. The molecule has 0 bridgehead atoms. The molecular formula is C20H29N3O. The number of rotatable bonds is 7. The van der Waals surface area contributed by atoms with Gasteiger partial charge in [0.1, 0.15) is 0 Å². The van der Waals surface area contributed by atoms with Crippen LogP contribution < -0.4 is 0 Å². The smallest absolute Gasteiger partial charge is 0.0705 e. The Bertz CT molecular complexity index is 623. The van der Waals surface area contributed by atoms with Crippen molar-refractivity contribution >= 4 is 0 Å². The van der Waals surface area contributed by atoms with Crippen molar-refractivity contribution in [3.63, 3.8) is 0 Å². The van der Waals surface area contributed by atoms with Crippen LogP contribution in [0.1, 0.15) is 36.6 Å². The van der Waals surface area contributed by atoms with Gasteiger partial charge in [-0.1, -0.05) is 37.3 Å². The van der Waals surface area contributed by atoms with Gasteiger partial charge in [-0.2, -0.15) is 5.10 Å². The second kappa shape index (κ2) is 8.45. The minimum atomic E-state index is 0.338. The molecule has 2 heterocycles. The zero-order chi connectivity index (χ0) is 16.8. The van der Waals surface area contributed by atoms with E-state index in [0.29, 0.717) is 6.10 Å². The van der Waals surface area contributed by atoms with E-state index in [1.807, 2.05) is 6.20 Å². The van der Waals surface area contributed by atoms with E-state index in [1.165, 1.54) is 16.8 Å². The van der Waals surface area contributed by atoms with Gasteiger partial charge in [0.15, 0.2) is 0 Å². The van der Waals surface area contributed by atoms with Gasteiger partial charge in [0.2, 0.25) is 0 Å². The molecule has 0 spiro atoms. The maximum absolute atomic E-state index is 5.98. The third-order valence-electron chi connectivity index (χ3n) is 4.85. The molecule has 1 aromatic heterocycles. The van der Waals surface area contributed by atoms with Crippen molar-refractivity contribution in [3.8, 4) is 0 Å². The highest BCUT2D eigenvalue weighted by molar-refractivity contribution is 5.16. The van der Waals surface area contributed by atoms with Gasteiger partial charge in [-0.15, -0.1) is 0 Å². The van der Waals surface area contributed by atoms with Crippen LogP contribution in [0.4, 0.5) is 0 Å². The Balaban J connectivity index is 1.52. The quantitative estimate of drug-likeness (QED) is 0.780. The zero-order valence-corrected chi connectivity index (χ0v) is 14.9. The van der Waals surface area contributed by atoms with E-state index in [0.717, 1.165) is 52.0 Å². The van der Waals surface area contributed by atoms with Crippen LogP contribution in [0.15, 0.2) is 36.5 Å². The van der Waals surface area contributed by atoms with Crippen molar-refractivity contribution in [2.75, 3.05) is 19.7 Å². The Morgan fingerprint density at radius 1 is 1.25 bits per heavy atom. The van der Waals surface area contributed by atoms with Gasteiger partial charge in [0, 0.05) is 37.4 Å². The van der Waals surface area contributed by atoms with E-state index in [2.05, 4.69) is 58.9 Å². The summed E-state index contributed by atoms with van der Waals surface area (Å²) in [5.41, 5.74) is 4.06. The topological polar surface area (TPSA) is 30.3 Å². The van der Waals surface area contributed by atoms with Gasteiger partial charge in [0.05, 0.1) is 18.9 Å². The molecule has 1 aliphatic heterocycles. The highest BCUT2D eigenvalue weighted by atomic mass is 16.5. The van der Waals surface area contributed by atoms with Gasteiger partial charge < -0.3 is 4.74 Å². The highest BCUT2D eigenvalue weighted by Crippen LogP contribution is 2.17. The molecule has 1 aliphatic rings. The molecule has 1 saturated heterocycles. The molecule has 1 fully saturated rings. The van der Waals surface area contributed by atoms with Crippen molar-refractivity contribution in [1.29, 1.82) is 0 Å². The molecule has 1 aromatic carbocycles. The van der Waals surface area contributed by atoms with Crippen molar-refractivity contribution in [2.45, 2.75) is 52.3 Å². The number of aryl methyl sites for hydroxylation is 2. The van der Waals surface area contributed by atoms with Crippen LogP contribution in [0.25, 0.3) is 0 Å². The fraction of sp³-hybridized carbons (Fsp3) is 0.550. The highest BCUT2D eigenvalue weighted by Gasteiger charge is 2.21. The first-order valence-corrected chi connectivity index (χ1v) is 9.15. The predicted molar refractivity (Wildman–Crippen MR) is 97.0 cm³/mol. The molecule has 3 rings (SSSR count). The fourth-order valence-electron chi connectivity index (χ4n) is 3.39. The Hall–Kier alpha value is -1.65. The summed E-state index contributed by atoms with van der Waals surface area (Å²) in [6.45, 7) is 9.24. The lowest BCUT2D eigenvalue weighted by Gasteiger charge is -2.33. The molecule has 1 atom stereocenters. The lowest BCUT2D eigenvalue weighted by molar-refractivity contribution is -0.0346. The first-order valence-electron chi connectivity index (χ1n) is 9.15. The van der Waals surface area contributed by atoms with Crippen molar-refractivity contribution in [3.05, 3.63) is 53.3 Å². The van der Waals surface area contributed by atoms with Crippen LogP contribution in [0.2, 0.25) is 0 Å².